The first-order chi connectivity index (χ1) is 8.41. The van der Waals surface area contributed by atoms with Crippen LogP contribution in [0.3, 0.4) is 0 Å². The summed E-state index contributed by atoms with van der Waals surface area (Å²) in [6.45, 7) is 3.12. The van der Waals surface area contributed by atoms with E-state index in [2.05, 4.69) is 15.9 Å². The molecule has 100 valence electrons. The highest BCUT2D eigenvalue weighted by atomic mass is 79.9. The zero-order valence-electron chi connectivity index (χ0n) is 10.1. The van der Waals surface area contributed by atoms with Crippen molar-refractivity contribution in [2.75, 3.05) is 13.1 Å². The Hall–Kier alpha value is -0.460. The summed E-state index contributed by atoms with van der Waals surface area (Å²) in [6.07, 6.45) is 1.93. The summed E-state index contributed by atoms with van der Waals surface area (Å²) in [4.78, 5) is 0.137. The molecular formula is C12H15BrFNO2S. The van der Waals surface area contributed by atoms with Crippen LogP contribution in [0.15, 0.2) is 27.6 Å². The molecule has 0 saturated carbocycles. The molecule has 1 aliphatic heterocycles. The van der Waals surface area contributed by atoms with E-state index >= 15 is 0 Å². The standard InChI is InChI=1S/C12H15BrFNO2S/c1-9-3-2-6-15(8-9)18(16,17)12-5-4-10(14)7-11(12)13/h4-5,7,9H,2-3,6,8H2,1H3/t9-/m1/s1. The van der Waals surface area contributed by atoms with Gasteiger partial charge in [0.05, 0.1) is 4.90 Å². The average Bonchev–Trinajstić information content (AvgIpc) is 2.28. The van der Waals surface area contributed by atoms with Crippen LogP contribution < -0.4 is 0 Å². The van der Waals surface area contributed by atoms with Gasteiger partial charge in [-0.25, -0.2) is 12.8 Å². The molecule has 0 unspecified atom stereocenters. The van der Waals surface area contributed by atoms with E-state index in [0.29, 0.717) is 19.0 Å². The number of nitrogens with zero attached hydrogens (tertiary/aromatic N) is 1. The van der Waals surface area contributed by atoms with Gasteiger partial charge in [0, 0.05) is 17.6 Å². The molecule has 0 aliphatic carbocycles. The van der Waals surface area contributed by atoms with Crippen LogP contribution >= 0.6 is 15.9 Å². The number of halogens is 2. The second kappa shape index (κ2) is 5.27. The van der Waals surface area contributed by atoms with Gasteiger partial charge in [-0.05, 0) is 52.9 Å². The maximum atomic E-state index is 13.0. The molecule has 1 fully saturated rings. The normalized spacial score (nSPS) is 22.1. The maximum Gasteiger partial charge on any atom is 0.244 e. The van der Waals surface area contributed by atoms with E-state index in [1.165, 1.54) is 22.5 Å². The highest BCUT2D eigenvalue weighted by Gasteiger charge is 2.30. The predicted octanol–water partition coefficient (Wildman–Crippen LogP) is 3.01. The lowest BCUT2D eigenvalue weighted by atomic mass is 10.0. The molecule has 1 atom stereocenters. The van der Waals surface area contributed by atoms with Crippen molar-refractivity contribution < 1.29 is 12.8 Å². The largest absolute Gasteiger partial charge is 0.244 e. The SMILES string of the molecule is C[C@@H]1CCCN(S(=O)(=O)c2ccc(F)cc2Br)C1. The molecule has 2 rings (SSSR count). The third kappa shape index (κ3) is 2.75. The molecule has 3 nitrogen and oxygen atoms in total. The van der Waals surface area contributed by atoms with Crippen LogP contribution in [0, 0.1) is 11.7 Å². The predicted molar refractivity (Wildman–Crippen MR) is 71.3 cm³/mol. The lowest BCUT2D eigenvalue weighted by Gasteiger charge is -2.30. The first kappa shape index (κ1) is 14.0. The molecule has 0 bridgehead atoms. The summed E-state index contributed by atoms with van der Waals surface area (Å²) in [5.41, 5.74) is 0. The van der Waals surface area contributed by atoms with Crippen LogP contribution in [-0.2, 0) is 10.0 Å². The van der Waals surface area contributed by atoms with Gasteiger partial charge in [-0.2, -0.15) is 4.31 Å². The molecule has 6 heteroatoms. The molecule has 0 N–H and O–H groups in total. The Kier molecular flexibility index (Phi) is 4.08. The minimum Gasteiger partial charge on any atom is -0.207 e. The Bertz CT molecular complexity index is 547. The third-order valence-electron chi connectivity index (χ3n) is 3.13. The van der Waals surface area contributed by atoms with Crippen molar-refractivity contribution >= 4 is 26.0 Å². The number of hydrogen-bond acceptors (Lipinski definition) is 2. The fourth-order valence-corrected chi connectivity index (χ4v) is 4.80. The third-order valence-corrected chi connectivity index (χ3v) is 5.97. The van der Waals surface area contributed by atoms with Crippen molar-refractivity contribution in [1.82, 2.24) is 4.31 Å². The van der Waals surface area contributed by atoms with Gasteiger partial charge < -0.3 is 0 Å². The summed E-state index contributed by atoms with van der Waals surface area (Å²) in [5.74, 6) is -0.0828. The first-order valence-electron chi connectivity index (χ1n) is 5.86. The lowest BCUT2D eigenvalue weighted by molar-refractivity contribution is 0.281. The first-order valence-corrected chi connectivity index (χ1v) is 8.10. The second-order valence-electron chi connectivity index (χ2n) is 4.69. The number of piperidine rings is 1. The smallest absolute Gasteiger partial charge is 0.207 e. The number of hydrogen-bond donors (Lipinski definition) is 0. The fraction of sp³-hybridized carbons (Fsp3) is 0.500. The van der Waals surface area contributed by atoms with Crippen LogP contribution in [0.2, 0.25) is 0 Å². The van der Waals surface area contributed by atoms with E-state index in [9.17, 15) is 12.8 Å². The van der Waals surface area contributed by atoms with E-state index in [1.54, 1.807) is 0 Å². The zero-order valence-corrected chi connectivity index (χ0v) is 12.5. The van der Waals surface area contributed by atoms with E-state index in [4.69, 9.17) is 0 Å². The summed E-state index contributed by atoms with van der Waals surface area (Å²) in [5, 5.41) is 0. The molecule has 18 heavy (non-hydrogen) atoms. The van der Waals surface area contributed by atoms with E-state index in [1.807, 2.05) is 6.92 Å². The Morgan fingerprint density at radius 1 is 1.44 bits per heavy atom. The summed E-state index contributed by atoms with van der Waals surface area (Å²) >= 11 is 3.12. The monoisotopic (exact) mass is 335 g/mol. The van der Waals surface area contributed by atoms with Crippen LogP contribution in [0.25, 0.3) is 0 Å². The molecule has 1 aliphatic rings. The van der Waals surface area contributed by atoms with Crippen molar-refractivity contribution in [3.05, 3.63) is 28.5 Å². The van der Waals surface area contributed by atoms with Crippen LogP contribution in [0.1, 0.15) is 19.8 Å². The Balaban J connectivity index is 2.35. The van der Waals surface area contributed by atoms with Crippen LogP contribution in [0.5, 0.6) is 0 Å². The molecular weight excluding hydrogens is 321 g/mol. The van der Waals surface area contributed by atoms with Crippen molar-refractivity contribution in [1.29, 1.82) is 0 Å². The Labute approximate surface area is 115 Å². The molecule has 0 spiro atoms. The molecule has 0 aromatic heterocycles. The highest BCUT2D eigenvalue weighted by molar-refractivity contribution is 9.10. The minimum absolute atomic E-state index is 0.137. The van der Waals surface area contributed by atoms with Gasteiger partial charge in [0.25, 0.3) is 0 Å². The quantitative estimate of drug-likeness (QED) is 0.833. The zero-order chi connectivity index (χ0) is 13.3. The van der Waals surface area contributed by atoms with Crippen molar-refractivity contribution in [3.8, 4) is 0 Å². The molecule has 1 aromatic carbocycles. The number of sulfonamides is 1. The van der Waals surface area contributed by atoms with Gasteiger partial charge >= 0.3 is 0 Å². The molecule has 1 saturated heterocycles. The Morgan fingerprint density at radius 2 is 2.17 bits per heavy atom. The highest BCUT2D eigenvalue weighted by Crippen LogP contribution is 2.28. The second-order valence-corrected chi connectivity index (χ2v) is 7.45. The van der Waals surface area contributed by atoms with Crippen LogP contribution in [-0.4, -0.2) is 25.8 Å². The van der Waals surface area contributed by atoms with Gasteiger partial charge in [0.1, 0.15) is 5.82 Å². The van der Waals surface area contributed by atoms with Gasteiger partial charge in [-0.1, -0.05) is 6.92 Å². The molecule has 0 radical (unpaired) electrons. The van der Waals surface area contributed by atoms with Crippen molar-refractivity contribution in [2.24, 2.45) is 5.92 Å². The van der Waals surface area contributed by atoms with E-state index < -0.39 is 15.8 Å². The van der Waals surface area contributed by atoms with Gasteiger partial charge in [-0.3, -0.25) is 0 Å². The molecule has 1 heterocycles. The van der Waals surface area contributed by atoms with Crippen molar-refractivity contribution in [3.63, 3.8) is 0 Å². The van der Waals surface area contributed by atoms with E-state index in [0.717, 1.165) is 12.8 Å². The number of rotatable bonds is 2. The van der Waals surface area contributed by atoms with Gasteiger partial charge in [0.2, 0.25) is 10.0 Å². The van der Waals surface area contributed by atoms with E-state index in [-0.39, 0.29) is 9.37 Å². The fourth-order valence-electron chi connectivity index (χ4n) is 2.19. The lowest BCUT2D eigenvalue weighted by Crippen LogP contribution is -2.39. The van der Waals surface area contributed by atoms with Crippen molar-refractivity contribution in [2.45, 2.75) is 24.7 Å². The van der Waals surface area contributed by atoms with Gasteiger partial charge in [0.15, 0.2) is 0 Å². The Morgan fingerprint density at radius 3 is 2.78 bits per heavy atom. The summed E-state index contributed by atoms with van der Waals surface area (Å²) in [7, 11) is -3.52. The molecule has 0 amide bonds. The number of benzene rings is 1. The minimum atomic E-state index is -3.52. The molecule has 1 aromatic rings. The summed E-state index contributed by atoms with van der Waals surface area (Å²) < 4.78 is 39.6. The van der Waals surface area contributed by atoms with Gasteiger partial charge in [-0.15, -0.1) is 0 Å². The maximum absolute atomic E-state index is 13.0. The average molecular weight is 336 g/mol. The summed E-state index contributed by atoms with van der Waals surface area (Å²) in [6, 6.07) is 3.67. The van der Waals surface area contributed by atoms with Crippen LogP contribution in [0.4, 0.5) is 4.39 Å². The topological polar surface area (TPSA) is 37.4 Å².